The molecular weight excluding hydrogens is 318 g/mol. The van der Waals surface area contributed by atoms with Crippen molar-refractivity contribution in [3.63, 3.8) is 0 Å². The van der Waals surface area contributed by atoms with Crippen molar-refractivity contribution in [2.75, 3.05) is 0 Å². The van der Waals surface area contributed by atoms with Gasteiger partial charge in [0.15, 0.2) is 0 Å². The molecule has 0 aliphatic rings. The highest BCUT2D eigenvalue weighted by Crippen LogP contribution is 2.47. The normalized spacial score (nSPS) is 16.0. The molecule has 0 amide bonds. The molecule has 0 fully saturated rings. The molecule has 0 aliphatic heterocycles. The van der Waals surface area contributed by atoms with Crippen LogP contribution in [0.15, 0.2) is 11.6 Å². The lowest BCUT2D eigenvalue weighted by atomic mass is 9.83. The number of hydrogen-bond donors (Lipinski definition) is 2. The van der Waals surface area contributed by atoms with Gasteiger partial charge in [0.2, 0.25) is 0 Å². The maximum Gasteiger partial charge on any atom is 0.426 e. The third kappa shape index (κ3) is 5.19. The molecule has 9 heteroatoms. The number of hydrogen-bond acceptors (Lipinski definition) is 2. The molecule has 0 aromatic heterocycles. The van der Waals surface area contributed by atoms with E-state index in [4.69, 9.17) is 5.11 Å². The Hall–Kier alpha value is -1.25. The van der Waals surface area contributed by atoms with Crippen LogP contribution < -0.4 is 0 Å². The molecule has 2 N–H and O–H groups in total. The average molecular weight is 336 g/mol. The first kappa shape index (κ1) is 20.8. The van der Waals surface area contributed by atoms with Crippen LogP contribution in [-0.2, 0) is 4.79 Å². The molecular formula is C13H18F6O3. The van der Waals surface area contributed by atoms with Crippen molar-refractivity contribution >= 4 is 5.97 Å². The molecule has 0 aromatic rings. The van der Waals surface area contributed by atoms with E-state index in [1.54, 1.807) is 13.8 Å². The molecule has 0 spiro atoms. The minimum atomic E-state index is -5.91. The predicted molar refractivity (Wildman–Crippen MR) is 66.0 cm³/mol. The number of alkyl halides is 6. The van der Waals surface area contributed by atoms with E-state index in [9.17, 15) is 36.2 Å². The Labute approximate surface area is 123 Å². The quantitative estimate of drug-likeness (QED) is 0.571. The van der Waals surface area contributed by atoms with Crippen molar-refractivity contribution in [1.82, 2.24) is 0 Å². The zero-order valence-corrected chi connectivity index (χ0v) is 12.2. The Balaban J connectivity index is 5.68. The number of halogens is 6. The van der Waals surface area contributed by atoms with Crippen molar-refractivity contribution in [3.05, 3.63) is 11.6 Å². The Morgan fingerprint density at radius 1 is 1.09 bits per heavy atom. The molecule has 3 nitrogen and oxygen atoms in total. The Bertz CT molecular complexity index is 408. The highest BCUT2D eigenvalue weighted by molar-refractivity contribution is 5.85. The van der Waals surface area contributed by atoms with Gasteiger partial charge in [-0.1, -0.05) is 19.9 Å². The summed E-state index contributed by atoms with van der Waals surface area (Å²) >= 11 is 0. The number of carboxylic acid groups (broad SMARTS) is 1. The molecule has 0 rings (SSSR count). The smallest absolute Gasteiger partial charge is 0.426 e. The molecule has 1 unspecified atom stereocenters. The van der Waals surface area contributed by atoms with Crippen molar-refractivity contribution in [1.29, 1.82) is 0 Å². The summed E-state index contributed by atoms with van der Waals surface area (Å²) in [5.41, 5.74) is -5.26. The number of allylic oxidation sites excluding steroid dienone is 1. The third-order valence-electron chi connectivity index (χ3n) is 3.09. The molecule has 0 saturated heterocycles. The first-order chi connectivity index (χ1) is 9.61. The molecule has 0 heterocycles. The lowest BCUT2D eigenvalue weighted by Gasteiger charge is -2.35. The van der Waals surface area contributed by atoms with E-state index in [1.165, 1.54) is 0 Å². The summed E-state index contributed by atoms with van der Waals surface area (Å²) in [4.78, 5) is 10.7. The summed E-state index contributed by atoms with van der Waals surface area (Å²) < 4.78 is 76.1. The second-order valence-electron chi connectivity index (χ2n) is 5.60. The SMILES string of the molecule is C/C(=C\C(CC(C)C)CC(O)(C(F)(F)F)C(F)(F)F)C(=O)O. The van der Waals surface area contributed by atoms with Gasteiger partial charge in [-0.15, -0.1) is 0 Å². The van der Waals surface area contributed by atoms with Gasteiger partial charge in [0.1, 0.15) is 0 Å². The van der Waals surface area contributed by atoms with E-state index < -0.39 is 36.3 Å². The van der Waals surface area contributed by atoms with Crippen LogP contribution in [0.1, 0.15) is 33.6 Å². The third-order valence-corrected chi connectivity index (χ3v) is 3.09. The van der Waals surface area contributed by atoms with Gasteiger partial charge in [-0.2, -0.15) is 26.3 Å². The first-order valence-corrected chi connectivity index (χ1v) is 6.39. The van der Waals surface area contributed by atoms with E-state index in [2.05, 4.69) is 0 Å². The van der Waals surface area contributed by atoms with Gasteiger partial charge in [0, 0.05) is 12.0 Å². The van der Waals surface area contributed by atoms with Gasteiger partial charge >= 0.3 is 18.3 Å². The fourth-order valence-electron chi connectivity index (χ4n) is 2.01. The molecule has 0 radical (unpaired) electrons. The van der Waals surface area contributed by atoms with Gasteiger partial charge in [0.25, 0.3) is 5.60 Å². The average Bonchev–Trinajstić information content (AvgIpc) is 2.24. The summed E-state index contributed by atoms with van der Waals surface area (Å²) in [5, 5.41) is 17.9. The van der Waals surface area contributed by atoms with E-state index in [0.29, 0.717) is 0 Å². The van der Waals surface area contributed by atoms with Crippen LogP contribution in [0.2, 0.25) is 0 Å². The number of aliphatic hydroxyl groups is 1. The highest BCUT2D eigenvalue weighted by Gasteiger charge is 2.70. The van der Waals surface area contributed by atoms with Crippen LogP contribution in [0.5, 0.6) is 0 Å². The summed E-state index contributed by atoms with van der Waals surface area (Å²) in [6, 6.07) is 0. The number of rotatable bonds is 6. The lowest BCUT2D eigenvalue weighted by Crippen LogP contribution is -2.57. The van der Waals surface area contributed by atoms with Gasteiger partial charge in [-0.05, 0) is 25.2 Å². The van der Waals surface area contributed by atoms with E-state index >= 15 is 0 Å². The molecule has 0 aromatic carbocycles. The van der Waals surface area contributed by atoms with Crippen LogP contribution in [0.4, 0.5) is 26.3 Å². The minimum Gasteiger partial charge on any atom is -0.478 e. The zero-order chi connectivity index (χ0) is 17.9. The van der Waals surface area contributed by atoms with Crippen molar-refractivity contribution in [2.45, 2.75) is 51.6 Å². The van der Waals surface area contributed by atoms with Crippen LogP contribution in [0.3, 0.4) is 0 Å². The van der Waals surface area contributed by atoms with Crippen LogP contribution >= 0.6 is 0 Å². The zero-order valence-electron chi connectivity index (χ0n) is 12.2. The highest BCUT2D eigenvalue weighted by atomic mass is 19.4. The Kier molecular flexibility index (Phi) is 6.50. The molecule has 1 atom stereocenters. The fraction of sp³-hybridized carbons (Fsp3) is 0.769. The first-order valence-electron chi connectivity index (χ1n) is 6.39. The number of carboxylic acids is 1. The Morgan fingerprint density at radius 3 is 1.77 bits per heavy atom. The van der Waals surface area contributed by atoms with Gasteiger partial charge in [-0.3, -0.25) is 0 Å². The second kappa shape index (κ2) is 6.89. The minimum absolute atomic E-state index is 0.126. The predicted octanol–water partition coefficient (Wildman–Crippen LogP) is 3.93. The summed E-state index contributed by atoms with van der Waals surface area (Å²) in [7, 11) is 0. The summed E-state index contributed by atoms with van der Waals surface area (Å²) in [6.45, 7) is 4.20. The fourth-order valence-corrected chi connectivity index (χ4v) is 2.01. The lowest BCUT2D eigenvalue weighted by molar-refractivity contribution is -0.372. The molecule has 130 valence electrons. The second-order valence-corrected chi connectivity index (χ2v) is 5.60. The van der Waals surface area contributed by atoms with Crippen molar-refractivity contribution in [2.24, 2.45) is 11.8 Å². The monoisotopic (exact) mass is 336 g/mol. The van der Waals surface area contributed by atoms with E-state index in [-0.39, 0.29) is 17.9 Å². The van der Waals surface area contributed by atoms with Gasteiger partial charge < -0.3 is 10.2 Å². The standard InChI is InChI=1S/C13H18F6O3/c1-7(2)4-9(5-8(3)10(20)21)6-11(22,12(14,15)16)13(17,18)19/h5,7,9,22H,4,6H2,1-3H3,(H,20,21)/b8-5+. The molecule has 0 aliphatic carbocycles. The van der Waals surface area contributed by atoms with Gasteiger partial charge in [0.05, 0.1) is 0 Å². The molecule has 0 bridgehead atoms. The van der Waals surface area contributed by atoms with Crippen LogP contribution in [0, 0.1) is 11.8 Å². The summed E-state index contributed by atoms with van der Waals surface area (Å²) in [6.07, 6.45) is -12.8. The molecule has 22 heavy (non-hydrogen) atoms. The van der Waals surface area contributed by atoms with E-state index in [0.717, 1.165) is 13.0 Å². The summed E-state index contributed by atoms with van der Waals surface area (Å²) in [5.74, 6) is -3.12. The molecule has 0 saturated carbocycles. The van der Waals surface area contributed by atoms with E-state index in [1.807, 2.05) is 0 Å². The van der Waals surface area contributed by atoms with Crippen molar-refractivity contribution < 1.29 is 41.4 Å². The largest absolute Gasteiger partial charge is 0.478 e. The maximum absolute atomic E-state index is 12.7. The van der Waals surface area contributed by atoms with Crippen LogP contribution in [-0.4, -0.2) is 34.1 Å². The topological polar surface area (TPSA) is 57.5 Å². The number of aliphatic carboxylic acids is 1. The van der Waals surface area contributed by atoms with Crippen molar-refractivity contribution in [3.8, 4) is 0 Å². The maximum atomic E-state index is 12.7. The Morgan fingerprint density at radius 2 is 1.50 bits per heavy atom. The van der Waals surface area contributed by atoms with Crippen LogP contribution in [0.25, 0.3) is 0 Å². The van der Waals surface area contributed by atoms with Gasteiger partial charge in [-0.25, -0.2) is 4.79 Å². The number of carbonyl (C=O) groups is 1.